The van der Waals surface area contributed by atoms with E-state index in [1.165, 1.54) is 0 Å². The Morgan fingerprint density at radius 1 is 1.38 bits per heavy atom. The summed E-state index contributed by atoms with van der Waals surface area (Å²) in [6.07, 6.45) is 0. The van der Waals surface area contributed by atoms with Gasteiger partial charge in [-0.3, -0.25) is 4.79 Å². The Morgan fingerprint density at radius 2 is 1.94 bits per heavy atom. The van der Waals surface area contributed by atoms with E-state index in [1.807, 2.05) is 0 Å². The fourth-order valence-corrected chi connectivity index (χ4v) is 1.09. The van der Waals surface area contributed by atoms with Crippen LogP contribution in [0.15, 0.2) is 42.5 Å². The average molecular weight is 223 g/mol. The molecule has 0 aliphatic carbocycles. The van der Waals surface area contributed by atoms with Crippen LogP contribution in [0.25, 0.3) is 0 Å². The second-order valence-electron chi connectivity index (χ2n) is 3.51. The molecule has 0 fully saturated rings. The number of para-hydroxylation sites is 1. The summed E-state index contributed by atoms with van der Waals surface area (Å²) < 4.78 is 0. The van der Waals surface area contributed by atoms with Crippen molar-refractivity contribution in [2.45, 2.75) is 6.92 Å². The zero-order valence-corrected chi connectivity index (χ0v) is 9.05. The van der Waals surface area contributed by atoms with Crippen LogP contribution in [-0.4, -0.2) is 23.0 Å². The fraction of sp³-hybridized carbons (Fsp3) is 0.182. The molecule has 0 spiro atoms. The van der Waals surface area contributed by atoms with E-state index in [2.05, 4.69) is 11.9 Å². The summed E-state index contributed by atoms with van der Waals surface area (Å²) >= 11 is 0. The van der Waals surface area contributed by atoms with Gasteiger partial charge in [0.15, 0.2) is 0 Å². The molecule has 0 atom stereocenters. The van der Waals surface area contributed by atoms with Gasteiger partial charge in [0.05, 0.1) is 0 Å². The van der Waals surface area contributed by atoms with Crippen LogP contribution >= 0.6 is 0 Å². The number of benzene rings is 1. The van der Waals surface area contributed by atoms with Gasteiger partial charge in [-0.15, -0.1) is 0 Å². The van der Waals surface area contributed by atoms with Crippen LogP contribution in [0.2, 0.25) is 0 Å². The fourth-order valence-electron chi connectivity index (χ4n) is 1.09. The standard InChI is InChI=1S/C11H14N2O3/c1-9(2)11(14)12-8-13(15,16)10-6-4-3-5-7-10/h3-7,15-16H,1,8H2,2H3/p+1. The van der Waals surface area contributed by atoms with E-state index < -0.39 is 10.7 Å². The minimum Gasteiger partial charge on any atom is -0.300 e. The van der Waals surface area contributed by atoms with E-state index in [9.17, 15) is 15.2 Å². The maximum atomic E-state index is 11.2. The molecular weight excluding hydrogens is 208 g/mol. The second-order valence-corrected chi connectivity index (χ2v) is 3.51. The molecule has 1 aromatic carbocycles. The molecule has 0 bridgehead atoms. The van der Waals surface area contributed by atoms with Gasteiger partial charge < -0.3 is 5.32 Å². The zero-order chi connectivity index (χ0) is 12.2. The van der Waals surface area contributed by atoms with Crippen LogP contribution in [-0.2, 0) is 4.79 Å². The average Bonchev–Trinajstić information content (AvgIpc) is 2.27. The first kappa shape index (κ1) is 12.4. The molecule has 1 aromatic rings. The van der Waals surface area contributed by atoms with Crippen LogP contribution in [0.3, 0.4) is 0 Å². The molecule has 5 nitrogen and oxygen atoms in total. The summed E-state index contributed by atoms with van der Waals surface area (Å²) in [5.74, 6) is -0.415. The Balaban J connectivity index is 2.66. The number of amides is 1. The Hall–Kier alpha value is -1.69. The van der Waals surface area contributed by atoms with Crippen LogP contribution in [0, 0.1) is 0 Å². The topological polar surface area (TPSA) is 69.6 Å². The molecule has 0 aromatic heterocycles. The monoisotopic (exact) mass is 223 g/mol. The van der Waals surface area contributed by atoms with Gasteiger partial charge in [0.25, 0.3) is 5.91 Å². The summed E-state index contributed by atoms with van der Waals surface area (Å²) in [6, 6.07) is 8.21. The molecule has 0 radical (unpaired) electrons. The number of carbonyl (C=O) groups is 1. The SMILES string of the molecule is C=C(C)C(=O)NC[N+](O)(O)c1ccccc1. The smallest absolute Gasteiger partial charge is 0.250 e. The number of hydrogen-bond donors (Lipinski definition) is 3. The minimum absolute atomic E-state index is 0.268. The number of hydroxylamine groups is 2. The Labute approximate surface area is 93.7 Å². The summed E-state index contributed by atoms with van der Waals surface area (Å²) in [5.41, 5.74) is 0.581. The highest BCUT2D eigenvalue weighted by Crippen LogP contribution is 2.15. The van der Waals surface area contributed by atoms with Gasteiger partial charge in [-0.1, -0.05) is 24.8 Å². The zero-order valence-electron chi connectivity index (χ0n) is 9.05. The number of nitrogens with one attached hydrogen (secondary N) is 1. The molecular formula is C11H15N2O3+. The van der Waals surface area contributed by atoms with Crippen molar-refractivity contribution < 1.29 is 15.2 Å². The number of quaternary nitrogens is 1. The molecule has 5 heteroatoms. The van der Waals surface area contributed by atoms with Crippen molar-refractivity contribution in [2.24, 2.45) is 0 Å². The van der Waals surface area contributed by atoms with E-state index in [4.69, 9.17) is 0 Å². The molecule has 86 valence electrons. The Morgan fingerprint density at radius 3 is 2.44 bits per heavy atom. The molecule has 0 heterocycles. The van der Waals surface area contributed by atoms with Crippen molar-refractivity contribution in [3.8, 4) is 0 Å². The van der Waals surface area contributed by atoms with Gasteiger partial charge in [0, 0.05) is 22.5 Å². The summed E-state index contributed by atoms with van der Waals surface area (Å²) in [7, 11) is 0. The van der Waals surface area contributed by atoms with E-state index >= 15 is 0 Å². The van der Waals surface area contributed by atoms with Crippen molar-refractivity contribution >= 4 is 11.6 Å². The van der Waals surface area contributed by atoms with Crippen molar-refractivity contribution in [1.82, 2.24) is 10.1 Å². The predicted octanol–water partition coefficient (Wildman–Crippen LogP) is 1.42. The summed E-state index contributed by atoms with van der Waals surface area (Å²) in [6.45, 7) is 4.65. The van der Waals surface area contributed by atoms with Crippen LogP contribution in [0.5, 0.6) is 0 Å². The van der Waals surface area contributed by atoms with Gasteiger partial charge >= 0.3 is 0 Å². The van der Waals surface area contributed by atoms with E-state index in [0.717, 1.165) is 0 Å². The van der Waals surface area contributed by atoms with Gasteiger partial charge in [0.2, 0.25) is 12.4 Å². The molecule has 1 amide bonds. The molecule has 16 heavy (non-hydrogen) atoms. The quantitative estimate of drug-likeness (QED) is 0.313. The van der Waals surface area contributed by atoms with E-state index in [0.29, 0.717) is 5.57 Å². The number of hydrogen-bond acceptors (Lipinski definition) is 3. The number of carbonyl (C=O) groups excluding carboxylic acids is 1. The lowest BCUT2D eigenvalue weighted by atomic mass is 10.3. The molecule has 0 aliphatic heterocycles. The van der Waals surface area contributed by atoms with Gasteiger partial charge in [-0.25, -0.2) is 0 Å². The highest BCUT2D eigenvalue weighted by molar-refractivity contribution is 5.92. The van der Waals surface area contributed by atoms with E-state index in [1.54, 1.807) is 37.3 Å². The maximum absolute atomic E-state index is 11.2. The van der Waals surface area contributed by atoms with Gasteiger partial charge in [-0.05, 0) is 6.92 Å². The van der Waals surface area contributed by atoms with Crippen LogP contribution < -0.4 is 10.1 Å². The molecule has 0 unspecified atom stereocenters. The third-order valence-electron chi connectivity index (χ3n) is 2.02. The number of nitrogens with zero attached hydrogens (tertiary/aromatic N) is 1. The lowest BCUT2D eigenvalue weighted by Gasteiger charge is -2.20. The largest absolute Gasteiger partial charge is 0.300 e. The lowest BCUT2D eigenvalue weighted by Crippen LogP contribution is -2.50. The van der Waals surface area contributed by atoms with Crippen molar-refractivity contribution in [1.29, 1.82) is 0 Å². The molecule has 0 saturated carbocycles. The number of rotatable bonds is 4. The van der Waals surface area contributed by atoms with Gasteiger partial charge in [-0.2, -0.15) is 10.4 Å². The first-order valence-corrected chi connectivity index (χ1v) is 4.76. The Kier molecular flexibility index (Phi) is 3.78. The minimum atomic E-state index is -1.39. The molecule has 0 aliphatic rings. The van der Waals surface area contributed by atoms with Crippen molar-refractivity contribution in [2.75, 3.05) is 6.67 Å². The van der Waals surface area contributed by atoms with Crippen molar-refractivity contribution in [3.63, 3.8) is 0 Å². The molecule has 3 N–H and O–H groups in total. The maximum Gasteiger partial charge on any atom is 0.250 e. The predicted molar refractivity (Wildman–Crippen MR) is 59.6 cm³/mol. The Bertz CT molecular complexity index is 387. The summed E-state index contributed by atoms with van der Waals surface area (Å²) in [4.78, 5) is 9.79. The summed E-state index contributed by atoms with van der Waals surface area (Å²) in [5, 5.41) is 21.7. The second kappa shape index (κ2) is 4.89. The van der Waals surface area contributed by atoms with Crippen molar-refractivity contribution in [3.05, 3.63) is 42.5 Å². The third-order valence-corrected chi connectivity index (χ3v) is 2.02. The first-order chi connectivity index (χ1) is 7.43. The third kappa shape index (κ3) is 3.16. The highest BCUT2D eigenvalue weighted by Gasteiger charge is 2.26. The molecule has 1 rings (SSSR count). The van der Waals surface area contributed by atoms with Crippen LogP contribution in [0.1, 0.15) is 6.92 Å². The first-order valence-electron chi connectivity index (χ1n) is 4.76. The van der Waals surface area contributed by atoms with Gasteiger partial charge in [0.1, 0.15) is 0 Å². The normalized spacial score (nSPS) is 10.9. The van der Waals surface area contributed by atoms with E-state index in [-0.39, 0.29) is 12.4 Å². The van der Waals surface area contributed by atoms with Crippen LogP contribution in [0.4, 0.5) is 5.69 Å². The molecule has 0 saturated heterocycles. The highest BCUT2D eigenvalue weighted by atomic mass is 16.8. The lowest BCUT2D eigenvalue weighted by molar-refractivity contribution is -0.293.